The lowest BCUT2D eigenvalue weighted by Gasteiger charge is -2.36. The van der Waals surface area contributed by atoms with Crippen LogP contribution in [-0.4, -0.2) is 19.3 Å². The van der Waals surface area contributed by atoms with Crippen molar-refractivity contribution in [2.45, 2.75) is 45.3 Å². The van der Waals surface area contributed by atoms with Crippen molar-refractivity contribution in [1.82, 2.24) is 5.32 Å². The van der Waals surface area contributed by atoms with Gasteiger partial charge in [-0.1, -0.05) is 13.8 Å². The standard InChI is InChI=1S/C13H23NOS/c1-5-8-14-12(11-7-9-16-10-11)13(3,6-2)15-4/h7,9-10,12,14H,5-6,8H2,1-4H3. The molecule has 2 nitrogen and oxygen atoms in total. The van der Waals surface area contributed by atoms with Gasteiger partial charge in [0.05, 0.1) is 11.6 Å². The van der Waals surface area contributed by atoms with Crippen LogP contribution < -0.4 is 5.32 Å². The fourth-order valence-corrected chi connectivity index (χ4v) is 2.57. The number of nitrogens with one attached hydrogen (secondary N) is 1. The zero-order valence-corrected chi connectivity index (χ0v) is 11.6. The van der Waals surface area contributed by atoms with Crippen LogP contribution in [-0.2, 0) is 4.74 Å². The normalized spacial score (nSPS) is 17.0. The summed E-state index contributed by atoms with van der Waals surface area (Å²) in [7, 11) is 1.80. The molecule has 1 rings (SSSR count). The smallest absolute Gasteiger partial charge is 0.0842 e. The maximum Gasteiger partial charge on any atom is 0.0842 e. The second kappa shape index (κ2) is 6.38. The van der Waals surface area contributed by atoms with Crippen molar-refractivity contribution in [1.29, 1.82) is 0 Å². The Morgan fingerprint density at radius 1 is 1.50 bits per heavy atom. The summed E-state index contributed by atoms with van der Waals surface area (Å²) in [5, 5.41) is 7.93. The second-order valence-electron chi connectivity index (χ2n) is 4.31. The lowest BCUT2D eigenvalue weighted by Crippen LogP contribution is -2.42. The van der Waals surface area contributed by atoms with Crippen LogP contribution in [0.1, 0.15) is 45.2 Å². The molecule has 3 heteroatoms. The fourth-order valence-electron chi connectivity index (χ4n) is 1.88. The Morgan fingerprint density at radius 3 is 2.69 bits per heavy atom. The summed E-state index contributed by atoms with van der Waals surface area (Å²) in [5.41, 5.74) is 1.21. The largest absolute Gasteiger partial charge is 0.377 e. The Kier molecular flexibility index (Phi) is 5.46. The average Bonchev–Trinajstić information content (AvgIpc) is 2.82. The summed E-state index contributed by atoms with van der Waals surface area (Å²) >= 11 is 1.74. The number of hydrogen-bond donors (Lipinski definition) is 1. The van der Waals surface area contributed by atoms with Crippen LogP contribution in [0.25, 0.3) is 0 Å². The molecule has 0 saturated heterocycles. The highest BCUT2D eigenvalue weighted by Crippen LogP contribution is 2.32. The van der Waals surface area contributed by atoms with E-state index in [1.165, 1.54) is 5.56 Å². The number of rotatable bonds is 7. The zero-order chi connectivity index (χ0) is 12.0. The summed E-state index contributed by atoms with van der Waals surface area (Å²) in [6.45, 7) is 7.57. The molecule has 1 aromatic heterocycles. The van der Waals surface area contributed by atoms with Crippen molar-refractivity contribution in [2.24, 2.45) is 0 Å². The third-order valence-corrected chi connectivity index (χ3v) is 3.96. The molecule has 0 bridgehead atoms. The van der Waals surface area contributed by atoms with Gasteiger partial charge in [-0.15, -0.1) is 0 Å². The van der Waals surface area contributed by atoms with E-state index in [-0.39, 0.29) is 11.6 Å². The van der Waals surface area contributed by atoms with E-state index in [2.05, 4.69) is 42.9 Å². The first-order valence-electron chi connectivity index (χ1n) is 5.98. The van der Waals surface area contributed by atoms with Crippen molar-refractivity contribution in [3.8, 4) is 0 Å². The first-order valence-corrected chi connectivity index (χ1v) is 6.92. The molecule has 0 radical (unpaired) electrons. The summed E-state index contributed by atoms with van der Waals surface area (Å²) in [6.07, 6.45) is 2.14. The van der Waals surface area contributed by atoms with Gasteiger partial charge in [0.1, 0.15) is 0 Å². The van der Waals surface area contributed by atoms with Crippen LogP contribution in [0.15, 0.2) is 16.8 Å². The molecule has 0 aromatic carbocycles. The van der Waals surface area contributed by atoms with Crippen LogP contribution in [0.5, 0.6) is 0 Å². The molecule has 0 fully saturated rings. The lowest BCUT2D eigenvalue weighted by molar-refractivity contribution is -0.0298. The van der Waals surface area contributed by atoms with Gasteiger partial charge in [-0.2, -0.15) is 11.3 Å². The van der Waals surface area contributed by atoms with Gasteiger partial charge in [-0.25, -0.2) is 0 Å². The molecule has 16 heavy (non-hydrogen) atoms. The molecule has 0 saturated carbocycles. The van der Waals surface area contributed by atoms with Crippen LogP contribution in [0.3, 0.4) is 0 Å². The van der Waals surface area contributed by atoms with Crippen LogP contribution in [0, 0.1) is 0 Å². The van der Waals surface area contributed by atoms with E-state index in [1.807, 2.05) is 0 Å². The van der Waals surface area contributed by atoms with Crippen LogP contribution in [0.2, 0.25) is 0 Å². The van der Waals surface area contributed by atoms with Gasteiger partial charge in [-0.3, -0.25) is 0 Å². The van der Waals surface area contributed by atoms with Crippen molar-refractivity contribution in [3.05, 3.63) is 22.4 Å². The number of hydrogen-bond acceptors (Lipinski definition) is 3. The zero-order valence-electron chi connectivity index (χ0n) is 10.7. The van der Waals surface area contributed by atoms with Crippen molar-refractivity contribution in [2.75, 3.05) is 13.7 Å². The molecule has 0 aliphatic carbocycles. The minimum absolute atomic E-state index is 0.129. The fraction of sp³-hybridized carbons (Fsp3) is 0.692. The number of methoxy groups -OCH3 is 1. The predicted octanol–water partition coefficient (Wildman–Crippen LogP) is 3.60. The third-order valence-electron chi connectivity index (χ3n) is 3.25. The molecule has 92 valence electrons. The molecule has 0 spiro atoms. The summed E-state index contributed by atoms with van der Waals surface area (Å²) in [4.78, 5) is 0. The monoisotopic (exact) mass is 241 g/mol. The van der Waals surface area contributed by atoms with Gasteiger partial charge < -0.3 is 10.1 Å². The summed E-state index contributed by atoms with van der Waals surface area (Å²) in [6, 6.07) is 2.47. The first-order chi connectivity index (χ1) is 7.68. The number of thiophene rings is 1. The summed E-state index contributed by atoms with van der Waals surface area (Å²) in [5.74, 6) is 0. The van der Waals surface area contributed by atoms with Gasteiger partial charge in [0.2, 0.25) is 0 Å². The average molecular weight is 241 g/mol. The topological polar surface area (TPSA) is 21.3 Å². The molecule has 0 amide bonds. The minimum atomic E-state index is -0.129. The molecule has 1 aromatic rings. The molecule has 2 unspecified atom stereocenters. The molecule has 1 N–H and O–H groups in total. The van der Waals surface area contributed by atoms with Crippen molar-refractivity contribution in [3.63, 3.8) is 0 Å². The molecular formula is C13H23NOS. The van der Waals surface area contributed by atoms with Crippen LogP contribution in [0.4, 0.5) is 0 Å². The van der Waals surface area contributed by atoms with Crippen molar-refractivity contribution >= 4 is 11.3 Å². The van der Waals surface area contributed by atoms with Crippen molar-refractivity contribution < 1.29 is 4.74 Å². The predicted molar refractivity (Wildman–Crippen MR) is 71.1 cm³/mol. The second-order valence-corrected chi connectivity index (χ2v) is 5.09. The first kappa shape index (κ1) is 13.7. The molecule has 2 atom stereocenters. The highest BCUT2D eigenvalue weighted by atomic mass is 32.1. The third kappa shape index (κ3) is 3.06. The molecule has 0 aliphatic heterocycles. The van der Waals surface area contributed by atoms with Gasteiger partial charge in [-0.05, 0) is 48.7 Å². The van der Waals surface area contributed by atoms with Gasteiger partial charge >= 0.3 is 0 Å². The molecular weight excluding hydrogens is 218 g/mol. The lowest BCUT2D eigenvalue weighted by atomic mass is 9.89. The number of ether oxygens (including phenoxy) is 1. The van der Waals surface area contributed by atoms with E-state index < -0.39 is 0 Å². The quantitative estimate of drug-likeness (QED) is 0.787. The Hall–Kier alpha value is -0.380. The Bertz CT molecular complexity index is 280. The van der Waals surface area contributed by atoms with E-state index >= 15 is 0 Å². The maximum absolute atomic E-state index is 5.71. The van der Waals surface area contributed by atoms with Gasteiger partial charge in [0.25, 0.3) is 0 Å². The minimum Gasteiger partial charge on any atom is -0.377 e. The summed E-state index contributed by atoms with van der Waals surface area (Å²) < 4.78 is 5.71. The van der Waals surface area contributed by atoms with E-state index in [1.54, 1.807) is 18.4 Å². The highest BCUT2D eigenvalue weighted by molar-refractivity contribution is 7.07. The Morgan fingerprint density at radius 2 is 2.25 bits per heavy atom. The Balaban J connectivity index is 2.86. The van der Waals surface area contributed by atoms with E-state index in [9.17, 15) is 0 Å². The van der Waals surface area contributed by atoms with E-state index in [0.29, 0.717) is 0 Å². The molecule has 0 aliphatic rings. The maximum atomic E-state index is 5.71. The van der Waals surface area contributed by atoms with E-state index in [0.717, 1.165) is 19.4 Å². The van der Waals surface area contributed by atoms with Crippen LogP contribution >= 0.6 is 11.3 Å². The Labute approximate surface area is 103 Å². The highest BCUT2D eigenvalue weighted by Gasteiger charge is 2.33. The van der Waals surface area contributed by atoms with Gasteiger partial charge in [0.15, 0.2) is 0 Å². The SMILES string of the molecule is CCCNC(c1ccsc1)C(C)(CC)OC. The van der Waals surface area contributed by atoms with E-state index in [4.69, 9.17) is 4.74 Å². The molecule has 1 heterocycles. The van der Waals surface area contributed by atoms with Gasteiger partial charge in [0, 0.05) is 7.11 Å².